The van der Waals surface area contributed by atoms with Gasteiger partial charge in [-0.15, -0.1) is 0 Å². The van der Waals surface area contributed by atoms with Crippen molar-refractivity contribution in [2.45, 2.75) is 63.4 Å². The predicted molar refractivity (Wildman–Crippen MR) is 66.1 cm³/mol. The van der Waals surface area contributed by atoms with Crippen LogP contribution in [0.3, 0.4) is 0 Å². The molecule has 3 saturated carbocycles. The highest BCUT2D eigenvalue weighted by Crippen LogP contribution is 2.55. The van der Waals surface area contributed by atoms with E-state index in [0.717, 1.165) is 12.3 Å². The van der Waals surface area contributed by atoms with E-state index in [4.69, 9.17) is 0 Å². The third-order valence-corrected chi connectivity index (χ3v) is 5.49. The lowest BCUT2D eigenvalue weighted by Gasteiger charge is -2.54. The molecule has 3 aliphatic rings. The van der Waals surface area contributed by atoms with E-state index in [1.54, 1.807) is 0 Å². The highest BCUT2D eigenvalue weighted by molar-refractivity contribution is 5.18. The van der Waals surface area contributed by atoms with E-state index in [1.807, 2.05) is 0 Å². The van der Waals surface area contributed by atoms with Crippen molar-refractivity contribution in [3.63, 3.8) is 0 Å². The Morgan fingerprint density at radius 3 is 2.69 bits per heavy atom. The summed E-state index contributed by atoms with van der Waals surface area (Å²) in [5.41, 5.74) is 1.00. The van der Waals surface area contributed by atoms with Crippen LogP contribution >= 0.6 is 0 Å². The number of aliphatic hydroxyl groups is 1. The number of hydrogen-bond donors (Lipinski definition) is 1. The SMILES string of the molecule is C=C1C[C@H]2CCCC[C@H]2[C@@]2(O)CCCC[C@H]12. The molecule has 1 N–H and O–H groups in total. The van der Waals surface area contributed by atoms with E-state index in [-0.39, 0.29) is 5.60 Å². The normalized spacial score (nSPS) is 48.3. The molecule has 0 radical (unpaired) electrons. The molecule has 0 saturated heterocycles. The summed E-state index contributed by atoms with van der Waals surface area (Å²) in [6, 6.07) is 0. The maximum absolute atomic E-state index is 11.1. The van der Waals surface area contributed by atoms with Crippen molar-refractivity contribution in [2.24, 2.45) is 17.8 Å². The van der Waals surface area contributed by atoms with E-state index in [1.165, 1.54) is 56.9 Å². The molecule has 0 aromatic carbocycles. The van der Waals surface area contributed by atoms with Crippen LogP contribution in [0.4, 0.5) is 0 Å². The first-order valence-electron chi connectivity index (χ1n) is 7.12. The fourth-order valence-electron chi connectivity index (χ4n) is 4.77. The first-order chi connectivity index (χ1) is 7.72. The van der Waals surface area contributed by atoms with Gasteiger partial charge in [-0.3, -0.25) is 0 Å². The minimum absolute atomic E-state index is 0.362. The topological polar surface area (TPSA) is 20.2 Å². The van der Waals surface area contributed by atoms with Gasteiger partial charge in [-0.25, -0.2) is 0 Å². The lowest BCUT2D eigenvalue weighted by Crippen LogP contribution is -2.54. The summed E-state index contributed by atoms with van der Waals surface area (Å²) < 4.78 is 0. The Labute approximate surface area is 98.9 Å². The molecule has 0 aromatic heterocycles. The van der Waals surface area contributed by atoms with Gasteiger partial charge in [0.15, 0.2) is 0 Å². The van der Waals surface area contributed by atoms with E-state index < -0.39 is 0 Å². The summed E-state index contributed by atoms with van der Waals surface area (Å²) in [4.78, 5) is 0. The Bertz CT molecular complexity index is 296. The molecule has 0 unspecified atom stereocenters. The summed E-state index contributed by atoms with van der Waals surface area (Å²) in [7, 11) is 0. The van der Waals surface area contributed by atoms with Crippen LogP contribution in [0.15, 0.2) is 12.2 Å². The van der Waals surface area contributed by atoms with Crippen molar-refractivity contribution < 1.29 is 5.11 Å². The second-order valence-corrected chi connectivity index (χ2v) is 6.30. The van der Waals surface area contributed by atoms with E-state index in [0.29, 0.717) is 11.8 Å². The Hall–Kier alpha value is -0.300. The summed E-state index contributed by atoms with van der Waals surface area (Å²) in [6.07, 6.45) is 11.3. The van der Waals surface area contributed by atoms with Crippen molar-refractivity contribution in [2.75, 3.05) is 0 Å². The van der Waals surface area contributed by atoms with Crippen molar-refractivity contribution in [3.05, 3.63) is 12.2 Å². The zero-order valence-electron chi connectivity index (χ0n) is 10.3. The Kier molecular flexibility index (Phi) is 2.62. The molecule has 0 aliphatic heterocycles. The van der Waals surface area contributed by atoms with Gasteiger partial charge in [-0.05, 0) is 43.9 Å². The fourth-order valence-corrected chi connectivity index (χ4v) is 4.77. The van der Waals surface area contributed by atoms with Gasteiger partial charge in [-0.1, -0.05) is 37.8 Å². The number of fused-ring (bicyclic) bond motifs is 3. The lowest BCUT2D eigenvalue weighted by molar-refractivity contribution is -0.128. The van der Waals surface area contributed by atoms with Crippen LogP contribution in [0.2, 0.25) is 0 Å². The first kappa shape index (κ1) is 10.8. The Morgan fingerprint density at radius 2 is 1.81 bits per heavy atom. The molecular weight excluding hydrogens is 196 g/mol. The highest BCUT2D eigenvalue weighted by Gasteiger charge is 2.52. The van der Waals surface area contributed by atoms with Gasteiger partial charge < -0.3 is 5.11 Å². The average molecular weight is 220 g/mol. The van der Waals surface area contributed by atoms with Gasteiger partial charge >= 0.3 is 0 Å². The van der Waals surface area contributed by atoms with Crippen molar-refractivity contribution in [1.29, 1.82) is 0 Å². The van der Waals surface area contributed by atoms with Crippen LogP contribution in [0.5, 0.6) is 0 Å². The third kappa shape index (κ3) is 1.48. The quantitative estimate of drug-likeness (QED) is 0.617. The van der Waals surface area contributed by atoms with Crippen LogP contribution in [0, 0.1) is 17.8 Å². The molecule has 3 fully saturated rings. The lowest BCUT2D eigenvalue weighted by atomic mass is 9.54. The molecular formula is C15H24O. The summed E-state index contributed by atoms with van der Waals surface area (Å²) >= 11 is 0. The molecule has 0 heterocycles. The highest BCUT2D eigenvalue weighted by atomic mass is 16.3. The van der Waals surface area contributed by atoms with Gasteiger partial charge in [0.2, 0.25) is 0 Å². The van der Waals surface area contributed by atoms with Crippen molar-refractivity contribution in [3.8, 4) is 0 Å². The molecule has 3 aliphatic carbocycles. The fraction of sp³-hybridized carbons (Fsp3) is 0.867. The van der Waals surface area contributed by atoms with Crippen molar-refractivity contribution >= 4 is 0 Å². The van der Waals surface area contributed by atoms with Crippen LogP contribution < -0.4 is 0 Å². The monoisotopic (exact) mass is 220 g/mol. The molecule has 0 amide bonds. The molecule has 1 nitrogen and oxygen atoms in total. The van der Waals surface area contributed by atoms with Gasteiger partial charge in [-0.2, -0.15) is 0 Å². The van der Waals surface area contributed by atoms with Crippen LogP contribution in [0.1, 0.15) is 57.8 Å². The van der Waals surface area contributed by atoms with Crippen molar-refractivity contribution in [1.82, 2.24) is 0 Å². The van der Waals surface area contributed by atoms with Crippen LogP contribution in [0.25, 0.3) is 0 Å². The second kappa shape index (κ2) is 3.87. The van der Waals surface area contributed by atoms with E-state index >= 15 is 0 Å². The van der Waals surface area contributed by atoms with Gasteiger partial charge in [0, 0.05) is 5.92 Å². The second-order valence-electron chi connectivity index (χ2n) is 6.30. The molecule has 0 bridgehead atoms. The summed E-state index contributed by atoms with van der Waals surface area (Å²) in [5.74, 6) is 1.78. The third-order valence-electron chi connectivity index (χ3n) is 5.49. The largest absolute Gasteiger partial charge is 0.389 e. The maximum Gasteiger partial charge on any atom is 0.0743 e. The minimum Gasteiger partial charge on any atom is -0.389 e. The maximum atomic E-state index is 11.1. The van der Waals surface area contributed by atoms with E-state index in [9.17, 15) is 5.11 Å². The predicted octanol–water partition coefficient (Wildman–Crippen LogP) is 3.67. The van der Waals surface area contributed by atoms with E-state index in [2.05, 4.69) is 6.58 Å². The molecule has 3 rings (SSSR count). The Balaban J connectivity index is 1.91. The molecule has 0 spiro atoms. The molecule has 1 heteroatoms. The van der Waals surface area contributed by atoms with Crippen LogP contribution in [-0.4, -0.2) is 10.7 Å². The number of hydrogen-bond acceptors (Lipinski definition) is 1. The molecule has 90 valence electrons. The van der Waals surface area contributed by atoms with Gasteiger partial charge in [0.1, 0.15) is 0 Å². The van der Waals surface area contributed by atoms with Crippen LogP contribution in [-0.2, 0) is 0 Å². The Morgan fingerprint density at radius 1 is 1.06 bits per heavy atom. The van der Waals surface area contributed by atoms with Gasteiger partial charge in [0.05, 0.1) is 5.60 Å². The first-order valence-corrected chi connectivity index (χ1v) is 7.12. The standard InChI is InChI=1S/C15H24O/c1-11-10-12-6-2-3-8-14(12)15(16)9-5-4-7-13(11)15/h12-14,16H,1-10H2/t12-,13-,14-,15-/m1/s1. The zero-order chi connectivity index (χ0) is 11.2. The molecule has 16 heavy (non-hydrogen) atoms. The van der Waals surface area contributed by atoms with Gasteiger partial charge in [0.25, 0.3) is 0 Å². The summed E-state index contributed by atoms with van der Waals surface area (Å²) in [5, 5.41) is 11.1. The number of rotatable bonds is 0. The zero-order valence-corrected chi connectivity index (χ0v) is 10.3. The molecule has 0 aromatic rings. The molecule has 4 atom stereocenters. The average Bonchev–Trinajstić information content (AvgIpc) is 2.29. The smallest absolute Gasteiger partial charge is 0.0743 e. The minimum atomic E-state index is -0.362. The summed E-state index contributed by atoms with van der Waals surface area (Å²) in [6.45, 7) is 4.27.